The molecule has 0 aliphatic carbocycles. The fourth-order valence-corrected chi connectivity index (χ4v) is 2.94. The van der Waals surface area contributed by atoms with Crippen LogP contribution in [0.3, 0.4) is 0 Å². The molecule has 130 valence electrons. The van der Waals surface area contributed by atoms with Crippen molar-refractivity contribution in [1.29, 1.82) is 0 Å². The molecule has 6 heteroatoms. The zero-order valence-corrected chi connectivity index (χ0v) is 14.6. The minimum absolute atomic E-state index is 0.0471. The molecule has 1 fully saturated rings. The molecule has 25 heavy (non-hydrogen) atoms. The van der Waals surface area contributed by atoms with Crippen molar-refractivity contribution < 1.29 is 9.59 Å². The number of hydrogen-bond donors (Lipinski definition) is 1. The van der Waals surface area contributed by atoms with Gasteiger partial charge in [-0.15, -0.1) is 0 Å². The van der Waals surface area contributed by atoms with Crippen LogP contribution in [-0.2, 0) is 4.79 Å². The first-order valence-electron chi connectivity index (χ1n) is 8.24. The number of halogens is 1. The second-order valence-electron chi connectivity index (χ2n) is 5.99. The molecule has 3 rings (SSSR count). The van der Waals surface area contributed by atoms with Gasteiger partial charge >= 0.3 is 0 Å². The average molecular weight is 358 g/mol. The largest absolute Gasteiger partial charge is 0.336 e. The molecule has 1 heterocycles. The molecule has 0 saturated carbocycles. The van der Waals surface area contributed by atoms with Gasteiger partial charge in [-0.05, 0) is 36.4 Å². The Hall–Kier alpha value is -2.37. The van der Waals surface area contributed by atoms with Gasteiger partial charge in [0.05, 0.1) is 6.54 Å². The van der Waals surface area contributed by atoms with Crippen molar-refractivity contribution in [2.24, 2.45) is 0 Å². The molecule has 0 unspecified atom stereocenters. The Morgan fingerprint density at radius 2 is 1.56 bits per heavy atom. The Labute approximate surface area is 152 Å². The van der Waals surface area contributed by atoms with Gasteiger partial charge in [-0.2, -0.15) is 0 Å². The van der Waals surface area contributed by atoms with Crippen LogP contribution < -0.4 is 5.32 Å². The number of carbonyl (C=O) groups is 2. The molecule has 1 aliphatic heterocycles. The number of benzene rings is 2. The van der Waals surface area contributed by atoms with E-state index in [0.717, 1.165) is 5.69 Å². The SMILES string of the molecule is O=C(CN1CCN(C(=O)c2ccccc2)CC1)Nc1ccc(Cl)cc1. The summed E-state index contributed by atoms with van der Waals surface area (Å²) in [5, 5.41) is 3.49. The Bertz CT molecular complexity index is 726. The molecule has 1 aliphatic rings. The number of hydrogen-bond acceptors (Lipinski definition) is 3. The second kappa shape index (κ2) is 8.14. The van der Waals surface area contributed by atoms with Crippen LogP contribution in [0.1, 0.15) is 10.4 Å². The molecule has 2 amide bonds. The van der Waals surface area contributed by atoms with Crippen molar-refractivity contribution in [3.05, 3.63) is 65.2 Å². The molecule has 0 atom stereocenters. The van der Waals surface area contributed by atoms with E-state index in [0.29, 0.717) is 43.3 Å². The molecule has 0 radical (unpaired) electrons. The second-order valence-corrected chi connectivity index (χ2v) is 6.43. The van der Waals surface area contributed by atoms with Crippen LogP contribution in [0.25, 0.3) is 0 Å². The first-order valence-corrected chi connectivity index (χ1v) is 8.62. The summed E-state index contributed by atoms with van der Waals surface area (Å²) >= 11 is 5.83. The third-order valence-corrected chi connectivity index (χ3v) is 4.43. The fraction of sp³-hybridized carbons (Fsp3) is 0.263. The minimum atomic E-state index is -0.0647. The minimum Gasteiger partial charge on any atom is -0.336 e. The van der Waals surface area contributed by atoms with Gasteiger partial charge in [0.1, 0.15) is 0 Å². The van der Waals surface area contributed by atoms with Crippen LogP contribution in [0.15, 0.2) is 54.6 Å². The van der Waals surface area contributed by atoms with E-state index in [9.17, 15) is 9.59 Å². The lowest BCUT2D eigenvalue weighted by molar-refractivity contribution is -0.117. The number of anilines is 1. The summed E-state index contributed by atoms with van der Waals surface area (Å²) in [4.78, 5) is 28.4. The molecule has 5 nitrogen and oxygen atoms in total. The van der Waals surface area contributed by atoms with Crippen molar-refractivity contribution in [1.82, 2.24) is 9.80 Å². The van der Waals surface area contributed by atoms with Gasteiger partial charge < -0.3 is 10.2 Å². The standard InChI is InChI=1S/C19H20ClN3O2/c20-16-6-8-17(9-7-16)21-18(24)14-22-10-12-23(13-11-22)19(25)15-4-2-1-3-5-15/h1-9H,10-14H2,(H,21,24). The first kappa shape index (κ1) is 17.5. The van der Waals surface area contributed by atoms with Crippen molar-refractivity contribution in [2.75, 3.05) is 38.0 Å². The fourth-order valence-electron chi connectivity index (χ4n) is 2.81. The molecule has 0 bridgehead atoms. The van der Waals surface area contributed by atoms with Crippen LogP contribution in [0.4, 0.5) is 5.69 Å². The van der Waals surface area contributed by atoms with Gasteiger partial charge in [0.25, 0.3) is 5.91 Å². The molecular weight excluding hydrogens is 338 g/mol. The van der Waals surface area contributed by atoms with Gasteiger partial charge in [0.15, 0.2) is 0 Å². The van der Waals surface area contributed by atoms with Gasteiger partial charge in [0.2, 0.25) is 5.91 Å². The van der Waals surface area contributed by atoms with Crippen molar-refractivity contribution in [3.63, 3.8) is 0 Å². The quantitative estimate of drug-likeness (QED) is 0.915. The average Bonchev–Trinajstić information content (AvgIpc) is 2.64. The Balaban J connectivity index is 1.46. The Morgan fingerprint density at radius 3 is 2.20 bits per heavy atom. The molecule has 0 aromatic heterocycles. The number of nitrogens with one attached hydrogen (secondary N) is 1. The summed E-state index contributed by atoms with van der Waals surface area (Å²) in [5.41, 5.74) is 1.43. The van der Waals surface area contributed by atoms with E-state index in [4.69, 9.17) is 11.6 Å². The van der Waals surface area contributed by atoms with Crippen LogP contribution in [0, 0.1) is 0 Å². The van der Waals surface area contributed by atoms with E-state index in [1.165, 1.54) is 0 Å². The van der Waals surface area contributed by atoms with Crippen LogP contribution in [0.5, 0.6) is 0 Å². The normalized spacial score (nSPS) is 15.0. The Morgan fingerprint density at radius 1 is 0.920 bits per heavy atom. The molecule has 1 saturated heterocycles. The summed E-state index contributed by atoms with van der Waals surface area (Å²) in [6, 6.07) is 16.3. The van der Waals surface area contributed by atoms with Crippen LogP contribution in [-0.4, -0.2) is 54.3 Å². The van der Waals surface area contributed by atoms with Gasteiger partial charge in [-0.25, -0.2) is 0 Å². The van der Waals surface area contributed by atoms with Crippen molar-refractivity contribution >= 4 is 29.1 Å². The molecule has 2 aromatic carbocycles. The predicted molar refractivity (Wildman–Crippen MR) is 98.9 cm³/mol. The maximum absolute atomic E-state index is 12.4. The van der Waals surface area contributed by atoms with Gasteiger partial charge in [0, 0.05) is 42.5 Å². The maximum Gasteiger partial charge on any atom is 0.253 e. The highest BCUT2D eigenvalue weighted by Crippen LogP contribution is 2.14. The Kier molecular flexibility index (Phi) is 5.68. The summed E-state index contributed by atoms with van der Waals surface area (Å²) in [7, 11) is 0. The smallest absolute Gasteiger partial charge is 0.253 e. The van der Waals surface area contributed by atoms with Crippen molar-refractivity contribution in [2.45, 2.75) is 0 Å². The first-order chi connectivity index (χ1) is 12.1. The monoisotopic (exact) mass is 357 g/mol. The number of rotatable bonds is 4. The number of piperazine rings is 1. The summed E-state index contributed by atoms with van der Waals surface area (Å²) in [6.07, 6.45) is 0. The van der Waals surface area contributed by atoms with Crippen LogP contribution in [0.2, 0.25) is 5.02 Å². The maximum atomic E-state index is 12.4. The van der Waals surface area contributed by atoms with Crippen molar-refractivity contribution in [3.8, 4) is 0 Å². The van der Waals surface area contributed by atoms with Gasteiger partial charge in [-0.3, -0.25) is 14.5 Å². The lowest BCUT2D eigenvalue weighted by atomic mass is 10.2. The van der Waals surface area contributed by atoms with Crippen LogP contribution >= 0.6 is 11.6 Å². The number of nitrogens with zero attached hydrogens (tertiary/aromatic N) is 2. The third kappa shape index (κ3) is 4.81. The van der Waals surface area contributed by atoms with E-state index in [-0.39, 0.29) is 11.8 Å². The van der Waals surface area contributed by atoms with Gasteiger partial charge in [-0.1, -0.05) is 29.8 Å². The van der Waals surface area contributed by atoms with E-state index < -0.39 is 0 Å². The highest BCUT2D eigenvalue weighted by molar-refractivity contribution is 6.30. The highest BCUT2D eigenvalue weighted by atomic mass is 35.5. The summed E-state index contributed by atoms with van der Waals surface area (Å²) < 4.78 is 0. The van der Waals surface area contributed by atoms with E-state index in [2.05, 4.69) is 10.2 Å². The van der Waals surface area contributed by atoms with E-state index in [1.807, 2.05) is 35.2 Å². The molecular formula is C19H20ClN3O2. The third-order valence-electron chi connectivity index (χ3n) is 4.18. The highest BCUT2D eigenvalue weighted by Gasteiger charge is 2.23. The summed E-state index contributed by atoms with van der Waals surface area (Å²) in [6.45, 7) is 2.94. The lowest BCUT2D eigenvalue weighted by Crippen LogP contribution is -2.50. The number of carbonyl (C=O) groups excluding carboxylic acids is 2. The topological polar surface area (TPSA) is 52.7 Å². The van der Waals surface area contributed by atoms with E-state index >= 15 is 0 Å². The molecule has 0 spiro atoms. The predicted octanol–water partition coefficient (Wildman–Crippen LogP) is 2.74. The number of amides is 2. The summed E-state index contributed by atoms with van der Waals surface area (Å²) in [5.74, 6) is -0.0176. The lowest BCUT2D eigenvalue weighted by Gasteiger charge is -2.34. The zero-order valence-electron chi connectivity index (χ0n) is 13.8. The molecule has 2 aromatic rings. The van der Waals surface area contributed by atoms with E-state index in [1.54, 1.807) is 24.3 Å². The zero-order chi connectivity index (χ0) is 17.6. The molecule has 1 N–H and O–H groups in total.